The third-order valence-electron chi connectivity index (χ3n) is 2.78. The molecular weight excluding hydrogens is 282 g/mol. The van der Waals surface area contributed by atoms with Gasteiger partial charge in [0.1, 0.15) is 12.2 Å². The van der Waals surface area contributed by atoms with Gasteiger partial charge in [-0.3, -0.25) is 0 Å². The molecule has 1 aliphatic rings. The third kappa shape index (κ3) is 3.02. The molecule has 1 aliphatic heterocycles. The summed E-state index contributed by atoms with van der Waals surface area (Å²) < 4.78 is 54.6. The molecule has 106 valence electrons. The normalized spacial score (nSPS) is 25.5. The quantitative estimate of drug-likeness (QED) is 0.819. The molecule has 0 aromatic heterocycles. The van der Waals surface area contributed by atoms with Gasteiger partial charge in [0.15, 0.2) is 27.2 Å². The van der Waals surface area contributed by atoms with Gasteiger partial charge in [0.25, 0.3) is 0 Å². The van der Waals surface area contributed by atoms with Gasteiger partial charge in [-0.05, 0) is 17.7 Å². The zero-order chi connectivity index (χ0) is 14.2. The molecular formula is C11H12F2O5S. The average molecular weight is 294 g/mol. The summed E-state index contributed by atoms with van der Waals surface area (Å²) in [6.45, 7) is -0.533. The van der Waals surface area contributed by atoms with Crippen molar-refractivity contribution in [1.29, 1.82) is 0 Å². The Bertz CT molecular complexity index is 564. The Morgan fingerprint density at radius 1 is 1.26 bits per heavy atom. The molecule has 1 heterocycles. The molecule has 0 amide bonds. The highest BCUT2D eigenvalue weighted by atomic mass is 32.2. The fourth-order valence-corrected chi connectivity index (χ4v) is 3.54. The molecule has 1 fully saturated rings. The van der Waals surface area contributed by atoms with E-state index in [9.17, 15) is 22.3 Å². The maximum Gasteiger partial charge on any atom is 0.191 e. The molecule has 5 nitrogen and oxygen atoms in total. The van der Waals surface area contributed by atoms with Crippen LogP contribution in [0.5, 0.6) is 5.75 Å². The number of hydrogen-bond donors (Lipinski definition) is 2. The van der Waals surface area contributed by atoms with Crippen LogP contribution in [0.3, 0.4) is 0 Å². The zero-order valence-electron chi connectivity index (χ0n) is 9.71. The highest BCUT2D eigenvalue weighted by Gasteiger charge is 2.39. The number of benzene rings is 1. The van der Waals surface area contributed by atoms with Gasteiger partial charge in [0, 0.05) is 0 Å². The summed E-state index contributed by atoms with van der Waals surface area (Å²) in [7, 11) is -3.46. The second kappa shape index (κ2) is 5.03. The lowest BCUT2D eigenvalue weighted by atomic mass is 10.2. The highest BCUT2D eigenvalue weighted by molar-refractivity contribution is 7.91. The predicted octanol–water partition coefficient (Wildman–Crippen LogP) is -0.00620. The monoisotopic (exact) mass is 294 g/mol. The van der Waals surface area contributed by atoms with Crippen molar-refractivity contribution in [1.82, 2.24) is 0 Å². The minimum Gasteiger partial charge on any atom is -0.480 e. The summed E-state index contributed by atoms with van der Waals surface area (Å²) in [6.07, 6.45) is -2.52. The van der Waals surface area contributed by atoms with Gasteiger partial charge in [0.2, 0.25) is 0 Å². The number of rotatable bonds is 3. The van der Waals surface area contributed by atoms with Gasteiger partial charge in [-0.1, -0.05) is 0 Å². The summed E-state index contributed by atoms with van der Waals surface area (Å²) in [4.78, 5) is 0. The van der Waals surface area contributed by atoms with Crippen LogP contribution < -0.4 is 4.74 Å². The summed E-state index contributed by atoms with van der Waals surface area (Å²) >= 11 is 0. The van der Waals surface area contributed by atoms with Gasteiger partial charge in [0.05, 0.1) is 18.1 Å². The van der Waals surface area contributed by atoms with E-state index < -0.39 is 57.5 Å². The van der Waals surface area contributed by atoms with Crippen molar-refractivity contribution in [2.24, 2.45) is 0 Å². The lowest BCUT2D eigenvalue weighted by molar-refractivity contribution is 0.0680. The van der Waals surface area contributed by atoms with E-state index in [-0.39, 0.29) is 5.56 Å². The summed E-state index contributed by atoms with van der Waals surface area (Å²) in [6, 6.07) is 1.77. The molecule has 2 N–H and O–H groups in total. The van der Waals surface area contributed by atoms with Crippen molar-refractivity contribution in [2.75, 3.05) is 11.5 Å². The Kier molecular flexibility index (Phi) is 3.75. The lowest BCUT2D eigenvalue weighted by Gasteiger charge is -2.17. The van der Waals surface area contributed by atoms with Crippen molar-refractivity contribution < 1.29 is 32.1 Å². The molecule has 0 saturated carbocycles. The Labute approximate surface area is 108 Å². The van der Waals surface area contributed by atoms with E-state index in [1.54, 1.807) is 0 Å². The standard InChI is InChI=1S/C11H12F2O5S/c12-7-1-6(3-14)2-8(13)11(7)18-10-5-19(16,17)4-9(10)15/h1-2,9-10,14-15H,3-5H2. The molecule has 19 heavy (non-hydrogen) atoms. The smallest absolute Gasteiger partial charge is 0.191 e. The highest BCUT2D eigenvalue weighted by Crippen LogP contribution is 2.27. The van der Waals surface area contributed by atoms with Crippen LogP contribution in [0.15, 0.2) is 12.1 Å². The van der Waals surface area contributed by atoms with Crippen LogP contribution in [-0.2, 0) is 16.4 Å². The van der Waals surface area contributed by atoms with Crippen molar-refractivity contribution in [3.63, 3.8) is 0 Å². The largest absolute Gasteiger partial charge is 0.480 e. The van der Waals surface area contributed by atoms with Crippen molar-refractivity contribution in [2.45, 2.75) is 18.8 Å². The Morgan fingerprint density at radius 3 is 2.26 bits per heavy atom. The second-order valence-corrected chi connectivity index (χ2v) is 6.50. The van der Waals surface area contributed by atoms with Crippen molar-refractivity contribution in [3.8, 4) is 5.75 Å². The maximum absolute atomic E-state index is 13.6. The molecule has 2 atom stereocenters. The number of halogens is 2. The van der Waals surface area contributed by atoms with Crippen molar-refractivity contribution >= 4 is 9.84 Å². The molecule has 0 bridgehead atoms. The average Bonchev–Trinajstić information content (AvgIpc) is 2.56. The molecule has 1 saturated heterocycles. The molecule has 0 aliphatic carbocycles. The van der Waals surface area contributed by atoms with E-state index in [0.29, 0.717) is 0 Å². The first-order valence-corrected chi connectivity index (χ1v) is 7.28. The van der Waals surface area contributed by atoms with Crippen LogP contribution in [0.25, 0.3) is 0 Å². The van der Waals surface area contributed by atoms with E-state index >= 15 is 0 Å². The first-order chi connectivity index (χ1) is 8.82. The number of aliphatic hydroxyl groups excluding tert-OH is 2. The Hall–Kier alpha value is -1.25. The third-order valence-corrected chi connectivity index (χ3v) is 4.47. The molecule has 2 unspecified atom stereocenters. The van der Waals surface area contributed by atoms with E-state index in [1.165, 1.54) is 0 Å². The SMILES string of the molecule is O=S1(=O)CC(O)C(Oc2c(F)cc(CO)cc2F)C1. The van der Waals surface area contributed by atoms with Crippen LogP contribution >= 0.6 is 0 Å². The van der Waals surface area contributed by atoms with Gasteiger partial charge < -0.3 is 14.9 Å². The van der Waals surface area contributed by atoms with Gasteiger partial charge in [-0.2, -0.15) is 0 Å². The van der Waals surface area contributed by atoms with E-state index in [2.05, 4.69) is 0 Å². The molecule has 1 aromatic carbocycles. The lowest BCUT2D eigenvalue weighted by Crippen LogP contribution is -2.30. The summed E-state index contributed by atoms with van der Waals surface area (Å²) in [5.41, 5.74) is 0.0296. The zero-order valence-corrected chi connectivity index (χ0v) is 10.5. The molecule has 0 radical (unpaired) electrons. The van der Waals surface area contributed by atoms with Gasteiger partial charge in [-0.15, -0.1) is 0 Å². The van der Waals surface area contributed by atoms with E-state index in [0.717, 1.165) is 12.1 Å². The number of hydrogen-bond acceptors (Lipinski definition) is 5. The molecule has 0 spiro atoms. The second-order valence-electron chi connectivity index (χ2n) is 4.35. The fourth-order valence-electron chi connectivity index (χ4n) is 1.88. The van der Waals surface area contributed by atoms with E-state index in [4.69, 9.17) is 9.84 Å². The van der Waals surface area contributed by atoms with E-state index in [1.807, 2.05) is 0 Å². The van der Waals surface area contributed by atoms with Crippen LogP contribution in [-0.4, -0.2) is 42.3 Å². The summed E-state index contributed by atoms with van der Waals surface area (Å²) in [5.74, 6) is -3.84. The number of ether oxygens (including phenoxy) is 1. The predicted molar refractivity (Wildman–Crippen MR) is 61.4 cm³/mol. The number of sulfone groups is 1. The summed E-state index contributed by atoms with van der Waals surface area (Å²) in [5, 5.41) is 18.3. The first kappa shape index (κ1) is 14.2. The van der Waals surface area contributed by atoms with Crippen LogP contribution in [0.1, 0.15) is 5.56 Å². The minimum atomic E-state index is -3.46. The van der Waals surface area contributed by atoms with Crippen LogP contribution in [0, 0.1) is 11.6 Å². The Morgan fingerprint density at radius 2 is 1.84 bits per heavy atom. The fraction of sp³-hybridized carbons (Fsp3) is 0.455. The van der Waals surface area contributed by atoms with Crippen molar-refractivity contribution in [3.05, 3.63) is 29.3 Å². The molecule has 2 rings (SSSR count). The van der Waals surface area contributed by atoms with Gasteiger partial charge in [-0.25, -0.2) is 17.2 Å². The minimum absolute atomic E-state index is 0.0296. The van der Waals surface area contributed by atoms with Crippen LogP contribution in [0.2, 0.25) is 0 Å². The first-order valence-electron chi connectivity index (χ1n) is 5.46. The molecule has 1 aromatic rings. The number of aliphatic hydroxyl groups is 2. The molecule has 8 heteroatoms. The Balaban J connectivity index is 2.25. The topological polar surface area (TPSA) is 83.8 Å². The maximum atomic E-state index is 13.6. The van der Waals surface area contributed by atoms with Gasteiger partial charge >= 0.3 is 0 Å². The van der Waals surface area contributed by atoms with Crippen LogP contribution in [0.4, 0.5) is 8.78 Å².